The highest BCUT2D eigenvalue weighted by molar-refractivity contribution is 6.06. The molecule has 2 heterocycles. The minimum Gasteiger partial charge on any atom is -0.505 e. The van der Waals surface area contributed by atoms with E-state index in [1.807, 2.05) is 17.9 Å². The summed E-state index contributed by atoms with van der Waals surface area (Å²) in [5.41, 5.74) is -0.438. The summed E-state index contributed by atoms with van der Waals surface area (Å²) >= 11 is 0. The van der Waals surface area contributed by atoms with Crippen molar-refractivity contribution in [3.05, 3.63) is 75.7 Å². The maximum absolute atomic E-state index is 13.3. The number of carbonyl (C=O) groups excluding carboxylic acids is 1. The van der Waals surface area contributed by atoms with Gasteiger partial charge < -0.3 is 15.3 Å². The molecule has 1 saturated heterocycles. The molecule has 1 aliphatic rings. The molecule has 0 atom stereocenters. The molecule has 0 unspecified atom stereocenters. The summed E-state index contributed by atoms with van der Waals surface area (Å²) < 4.78 is 40.9. The molecular weight excluding hydrogens is 437 g/mol. The van der Waals surface area contributed by atoms with E-state index in [9.17, 15) is 27.9 Å². The molecule has 0 saturated carbocycles. The second-order valence-electron chi connectivity index (χ2n) is 7.85. The number of hydrogen-bond acceptors (Lipinski definition) is 5. The van der Waals surface area contributed by atoms with Crippen LogP contribution < -0.4 is 15.8 Å². The van der Waals surface area contributed by atoms with Gasteiger partial charge in [-0.15, -0.1) is 0 Å². The average Bonchev–Trinajstić information content (AvgIpc) is 3.27. The molecule has 10 heteroatoms. The van der Waals surface area contributed by atoms with Crippen LogP contribution in [0.5, 0.6) is 5.75 Å². The largest absolute Gasteiger partial charge is 0.505 e. The lowest BCUT2D eigenvalue weighted by atomic mass is 10.1. The molecule has 1 fully saturated rings. The standard InChI is InChI=1S/C23H21F3N4O3/c1-14-5-4-6-16(11-14)30-20(32)13-19(31)21(28-30)22(33)27-17-12-15(23(24,25)26)7-8-18(17)29-9-2-3-10-29/h4-8,11-13,31H,2-3,9-10H2,1H3,(H,27,33). The van der Waals surface area contributed by atoms with Crippen molar-refractivity contribution in [2.75, 3.05) is 23.3 Å². The van der Waals surface area contributed by atoms with Gasteiger partial charge in [0.05, 0.1) is 22.6 Å². The van der Waals surface area contributed by atoms with Gasteiger partial charge in [-0.25, -0.2) is 0 Å². The molecule has 2 aromatic carbocycles. The minimum absolute atomic E-state index is 0.0498. The number of alkyl halides is 3. The van der Waals surface area contributed by atoms with Gasteiger partial charge in [0.2, 0.25) is 0 Å². The molecule has 0 spiro atoms. The van der Waals surface area contributed by atoms with Gasteiger partial charge in [0.25, 0.3) is 11.5 Å². The molecule has 4 rings (SSSR count). The molecule has 2 N–H and O–H groups in total. The lowest BCUT2D eigenvalue weighted by Gasteiger charge is -2.23. The van der Waals surface area contributed by atoms with Gasteiger partial charge in [-0.3, -0.25) is 9.59 Å². The highest BCUT2D eigenvalue weighted by atomic mass is 19.4. The number of benzene rings is 2. The van der Waals surface area contributed by atoms with Crippen molar-refractivity contribution in [1.29, 1.82) is 0 Å². The second kappa shape index (κ2) is 8.61. The number of rotatable bonds is 4. The summed E-state index contributed by atoms with van der Waals surface area (Å²) in [7, 11) is 0. The molecular formula is C23H21F3N4O3. The summed E-state index contributed by atoms with van der Waals surface area (Å²) in [6.07, 6.45) is -2.82. The third kappa shape index (κ3) is 4.69. The summed E-state index contributed by atoms with van der Waals surface area (Å²) in [6, 6.07) is 10.8. The summed E-state index contributed by atoms with van der Waals surface area (Å²) in [5, 5.41) is 16.6. The van der Waals surface area contributed by atoms with E-state index in [4.69, 9.17) is 0 Å². The zero-order chi connectivity index (χ0) is 23.8. The number of carbonyl (C=O) groups is 1. The Morgan fingerprint density at radius 3 is 2.48 bits per heavy atom. The van der Waals surface area contributed by atoms with Crippen LogP contribution >= 0.6 is 0 Å². The van der Waals surface area contributed by atoms with Crippen LogP contribution in [-0.4, -0.2) is 33.9 Å². The van der Waals surface area contributed by atoms with Gasteiger partial charge in [-0.2, -0.15) is 23.0 Å². The van der Waals surface area contributed by atoms with Crippen LogP contribution in [0.4, 0.5) is 24.5 Å². The number of aryl methyl sites for hydroxylation is 1. The average molecular weight is 458 g/mol. The molecule has 172 valence electrons. The van der Waals surface area contributed by atoms with Gasteiger partial charge in [0, 0.05) is 19.2 Å². The fraction of sp³-hybridized carbons (Fsp3) is 0.261. The second-order valence-corrected chi connectivity index (χ2v) is 7.85. The first-order chi connectivity index (χ1) is 15.6. The predicted octanol–water partition coefficient (Wildman–Crippen LogP) is 4.12. The number of aromatic hydroxyl groups is 1. The Hall–Kier alpha value is -3.82. The first-order valence-electron chi connectivity index (χ1n) is 10.3. The molecule has 1 aliphatic heterocycles. The van der Waals surface area contributed by atoms with E-state index in [1.165, 1.54) is 6.07 Å². The number of hydrogen-bond donors (Lipinski definition) is 2. The first kappa shape index (κ1) is 22.4. The molecule has 1 aromatic heterocycles. The highest BCUT2D eigenvalue weighted by Crippen LogP contribution is 2.36. The summed E-state index contributed by atoms with van der Waals surface area (Å²) in [5.74, 6) is -1.61. The van der Waals surface area contributed by atoms with E-state index in [0.717, 1.165) is 41.3 Å². The minimum atomic E-state index is -4.60. The zero-order valence-electron chi connectivity index (χ0n) is 17.7. The van der Waals surface area contributed by atoms with Crippen molar-refractivity contribution in [3.8, 4) is 11.4 Å². The fourth-order valence-electron chi connectivity index (χ4n) is 3.78. The first-order valence-corrected chi connectivity index (χ1v) is 10.3. The van der Waals surface area contributed by atoms with Crippen molar-refractivity contribution >= 4 is 17.3 Å². The van der Waals surface area contributed by atoms with Crippen molar-refractivity contribution < 1.29 is 23.1 Å². The van der Waals surface area contributed by atoms with Gasteiger partial charge in [0.15, 0.2) is 11.4 Å². The molecule has 3 aromatic rings. The van der Waals surface area contributed by atoms with Crippen LogP contribution in [0.15, 0.2) is 53.3 Å². The Kier molecular flexibility index (Phi) is 5.84. The number of nitrogens with one attached hydrogen (secondary N) is 1. The summed E-state index contributed by atoms with van der Waals surface area (Å²) in [6.45, 7) is 3.11. The number of halogens is 3. The number of aromatic nitrogens is 2. The summed E-state index contributed by atoms with van der Waals surface area (Å²) in [4.78, 5) is 27.2. The van der Waals surface area contributed by atoms with E-state index >= 15 is 0 Å². The topological polar surface area (TPSA) is 87.5 Å². The monoisotopic (exact) mass is 458 g/mol. The van der Waals surface area contributed by atoms with E-state index in [2.05, 4.69) is 10.4 Å². The van der Waals surface area contributed by atoms with Crippen molar-refractivity contribution in [1.82, 2.24) is 9.78 Å². The maximum atomic E-state index is 13.3. The SMILES string of the molecule is Cc1cccc(-n2nc(C(=O)Nc3cc(C(F)(F)F)ccc3N3CCCC3)c(O)cc2=O)c1. The quantitative estimate of drug-likeness (QED) is 0.614. The Bertz CT molecular complexity index is 1260. The third-order valence-corrected chi connectivity index (χ3v) is 5.39. The van der Waals surface area contributed by atoms with Gasteiger partial charge in [-0.05, 0) is 55.7 Å². The van der Waals surface area contributed by atoms with E-state index in [0.29, 0.717) is 24.5 Å². The van der Waals surface area contributed by atoms with Gasteiger partial charge in [0.1, 0.15) is 0 Å². The molecule has 0 aliphatic carbocycles. The fourth-order valence-corrected chi connectivity index (χ4v) is 3.78. The Balaban J connectivity index is 1.74. The van der Waals surface area contributed by atoms with E-state index in [1.54, 1.807) is 18.2 Å². The molecule has 1 amide bonds. The molecule has 33 heavy (non-hydrogen) atoms. The molecule has 7 nitrogen and oxygen atoms in total. The number of anilines is 2. The van der Waals surface area contributed by atoms with E-state index < -0.39 is 34.6 Å². The van der Waals surface area contributed by atoms with Crippen LogP contribution in [-0.2, 0) is 6.18 Å². The van der Waals surface area contributed by atoms with Gasteiger partial charge >= 0.3 is 6.18 Å². The third-order valence-electron chi connectivity index (χ3n) is 5.39. The highest BCUT2D eigenvalue weighted by Gasteiger charge is 2.32. The normalized spacial score (nSPS) is 13.9. The molecule has 0 radical (unpaired) electrons. The Morgan fingerprint density at radius 2 is 1.82 bits per heavy atom. The Morgan fingerprint density at radius 1 is 1.09 bits per heavy atom. The van der Waals surface area contributed by atoms with Crippen molar-refractivity contribution in [2.24, 2.45) is 0 Å². The number of amides is 1. The lowest BCUT2D eigenvalue weighted by molar-refractivity contribution is -0.137. The maximum Gasteiger partial charge on any atom is 0.416 e. The van der Waals surface area contributed by atoms with Crippen LogP contribution in [0, 0.1) is 6.92 Å². The van der Waals surface area contributed by atoms with Crippen LogP contribution in [0.25, 0.3) is 5.69 Å². The van der Waals surface area contributed by atoms with E-state index in [-0.39, 0.29) is 5.69 Å². The number of nitrogens with zero attached hydrogens (tertiary/aromatic N) is 3. The smallest absolute Gasteiger partial charge is 0.416 e. The van der Waals surface area contributed by atoms with Crippen LogP contribution in [0.2, 0.25) is 0 Å². The zero-order valence-corrected chi connectivity index (χ0v) is 17.7. The lowest BCUT2D eigenvalue weighted by Crippen LogP contribution is -2.26. The van der Waals surface area contributed by atoms with Crippen molar-refractivity contribution in [3.63, 3.8) is 0 Å². The predicted molar refractivity (Wildman–Crippen MR) is 117 cm³/mol. The van der Waals surface area contributed by atoms with Gasteiger partial charge in [-0.1, -0.05) is 12.1 Å². The van der Waals surface area contributed by atoms with Crippen LogP contribution in [0.1, 0.15) is 34.5 Å². The van der Waals surface area contributed by atoms with Crippen LogP contribution in [0.3, 0.4) is 0 Å². The van der Waals surface area contributed by atoms with Crippen molar-refractivity contribution in [2.45, 2.75) is 25.9 Å². The molecule has 0 bridgehead atoms. The Labute approximate surface area is 187 Å².